The Bertz CT molecular complexity index is 687. The first-order valence-electron chi connectivity index (χ1n) is 9.01. The Morgan fingerprint density at radius 3 is 2.60 bits per heavy atom. The number of fused-ring (bicyclic) bond motifs is 3. The van der Waals surface area contributed by atoms with Gasteiger partial charge in [-0.3, -0.25) is 4.79 Å². The molecule has 0 spiro atoms. The summed E-state index contributed by atoms with van der Waals surface area (Å²) in [5.41, 5.74) is 0.855. The topological polar surface area (TPSA) is 98.0 Å². The van der Waals surface area contributed by atoms with Crippen LogP contribution in [0.2, 0.25) is 0 Å². The van der Waals surface area contributed by atoms with E-state index in [4.69, 9.17) is 0 Å². The van der Waals surface area contributed by atoms with Gasteiger partial charge in [0.2, 0.25) is 0 Å². The van der Waals surface area contributed by atoms with E-state index in [1.807, 2.05) is 32.0 Å². The second kappa shape index (κ2) is 6.08. The minimum absolute atomic E-state index is 0.0223. The molecule has 1 fully saturated rings. The van der Waals surface area contributed by atoms with Gasteiger partial charge in [-0.15, -0.1) is 0 Å². The van der Waals surface area contributed by atoms with E-state index in [1.54, 1.807) is 6.92 Å². The standard InChI is InChI=1S/C20H28O5/c1-11(10-21)12-4-5-14-13(8-12)15(22)9-16-19(2,18(24)25)7-6-17(23)20(14,16)3/h4-5,8,11,15-17,21-23H,6-7,9-10H2,1-3H3,(H,24,25)/t11?,15-,16-,17+,19+,20+/m0/s1. The van der Waals surface area contributed by atoms with Crippen LogP contribution in [0.3, 0.4) is 0 Å². The summed E-state index contributed by atoms with van der Waals surface area (Å²) < 4.78 is 0. The monoisotopic (exact) mass is 348 g/mol. The minimum atomic E-state index is -0.969. The van der Waals surface area contributed by atoms with E-state index in [0.29, 0.717) is 19.3 Å². The summed E-state index contributed by atoms with van der Waals surface area (Å²) in [6, 6.07) is 5.73. The maximum Gasteiger partial charge on any atom is 0.309 e. The van der Waals surface area contributed by atoms with Gasteiger partial charge in [-0.1, -0.05) is 32.0 Å². The number of carboxylic acid groups (broad SMARTS) is 1. The van der Waals surface area contributed by atoms with Gasteiger partial charge in [0.25, 0.3) is 0 Å². The van der Waals surface area contributed by atoms with Crippen molar-refractivity contribution in [2.45, 2.75) is 63.6 Å². The van der Waals surface area contributed by atoms with E-state index in [9.17, 15) is 25.2 Å². The van der Waals surface area contributed by atoms with Gasteiger partial charge in [-0.2, -0.15) is 0 Å². The molecule has 0 saturated heterocycles. The van der Waals surface area contributed by atoms with Gasteiger partial charge in [0.05, 0.1) is 17.6 Å². The first-order valence-corrected chi connectivity index (χ1v) is 9.01. The van der Waals surface area contributed by atoms with Crippen LogP contribution in [0.15, 0.2) is 18.2 Å². The zero-order valence-electron chi connectivity index (χ0n) is 15.1. The van der Waals surface area contributed by atoms with E-state index >= 15 is 0 Å². The molecule has 5 heteroatoms. The molecule has 1 saturated carbocycles. The number of aliphatic hydroxyl groups excluding tert-OH is 3. The Morgan fingerprint density at radius 1 is 1.32 bits per heavy atom. The first-order chi connectivity index (χ1) is 11.7. The highest BCUT2D eigenvalue weighted by Crippen LogP contribution is 2.59. The van der Waals surface area contributed by atoms with Crippen LogP contribution in [0.25, 0.3) is 0 Å². The van der Waals surface area contributed by atoms with E-state index in [-0.39, 0.29) is 18.4 Å². The number of hydrogen-bond donors (Lipinski definition) is 4. The van der Waals surface area contributed by atoms with Crippen molar-refractivity contribution in [1.82, 2.24) is 0 Å². The van der Waals surface area contributed by atoms with Crippen molar-refractivity contribution in [3.05, 3.63) is 34.9 Å². The third kappa shape index (κ3) is 2.52. The molecule has 3 rings (SSSR count). The molecule has 2 aliphatic rings. The average Bonchev–Trinajstić information content (AvgIpc) is 2.59. The van der Waals surface area contributed by atoms with Crippen molar-refractivity contribution in [2.24, 2.45) is 11.3 Å². The van der Waals surface area contributed by atoms with Gasteiger partial charge in [0.1, 0.15) is 0 Å². The Kier molecular flexibility index (Phi) is 4.46. The van der Waals surface area contributed by atoms with Crippen molar-refractivity contribution in [2.75, 3.05) is 6.61 Å². The molecule has 2 aliphatic carbocycles. The number of rotatable bonds is 3. The summed E-state index contributed by atoms with van der Waals surface area (Å²) >= 11 is 0. The van der Waals surface area contributed by atoms with E-state index in [1.165, 1.54) is 0 Å². The molecule has 0 heterocycles. The average molecular weight is 348 g/mol. The zero-order valence-corrected chi connectivity index (χ0v) is 15.1. The third-order valence-corrected chi connectivity index (χ3v) is 6.93. The minimum Gasteiger partial charge on any atom is -0.481 e. The van der Waals surface area contributed by atoms with Crippen LogP contribution in [-0.4, -0.2) is 39.1 Å². The molecule has 0 radical (unpaired) electrons. The van der Waals surface area contributed by atoms with Gasteiger partial charge >= 0.3 is 5.97 Å². The van der Waals surface area contributed by atoms with Crippen LogP contribution >= 0.6 is 0 Å². The molecule has 4 N–H and O–H groups in total. The molecule has 138 valence electrons. The number of aliphatic carboxylic acids is 1. The number of aliphatic hydroxyl groups is 3. The first kappa shape index (κ1) is 18.4. The van der Waals surface area contributed by atoms with E-state index in [2.05, 4.69) is 0 Å². The van der Waals surface area contributed by atoms with E-state index < -0.39 is 29.0 Å². The maximum absolute atomic E-state index is 12.0. The van der Waals surface area contributed by atoms with Crippen molar-refractivity contribution in [1.29, 1.82) is 0 Å². The predicted octanol–water partition coefficient (Wildman–Crippen LogP) is 2.34. The molecule has 1 unspecified atom stereocenters. The van der Waals surface area contributed by atoms with E-state index in [0.717, 1.165) is 16.7 Å². The lowest BCUT2D eigenvalue weighted by Crippen LogP contribution is -2.59. The lowest BCUT2D eigenvalue weighted by molar-refractivity contribution is -0.165. The Morgan fingerprint density at radius 2 is 2.00 bits per heavy atom. The van der Waals surface area contributed by atoms with Crippen LogP contribution in [0.5, 0.6) is 0 Å². The Hall–Kier alpha value is -1.43. The highest BCUT2D eigenvalue weighted by Gasteiger charge is 2.60. The zero-order chi connectivity index (χ0) is 18.6. The molecular formula is C20H28O5. The quantitative estimate of drug-likeness (QED) is 0.672. The van der Waals surface area contributed by atoms with Gasteiger partial charge in [0, 0.05) is 17.9 Å². The molecule has 1 aromatic rings. The summed E-state index contributed by atoms with van der Waals surface area (Å²) in [7, 11) is 0. The lowest BCUT2D eigenvalue weighted by Gasteiger charge is -2.56. The molecule has 25 heavy (non-hydrogen) atoms. The van der Waals surface area contributed by atoms with Crippen LogP contribution in [0, 0.1) is 11.3 Å². The van der Waals surface area contributed by atoms with Crippen molar-refractivity contribution >= 4 is 5.97 Å². The fourth-order valence-corrected chi connectivity index (χ4v) is 5.04. The van der Waals surface area contributed by atoms with Crippen LogP contribution in [-0.2, 0) is 10.2 Å². The molecule has 0 aliphatic heterocycles. The predicted molar refractivity (Wildman–Crippen MR) is 93.3 cm³/mol. The summed E-state index contributed by atoms with van der Waals surface area (Å²) in [6.45, 7) is 5.61. The molecule has 0 amide bonds. The van der Waals surface area contributed by atoms with Crippen molar-refractivity contribution < 1.29 is 25.2 Å². The molecule has 0 bridgehead atoms. The molecule has 6 atom stereocenters. The second-order valence-electron chi connectivity index (χ2n) is 8.29. The summed E-state index contributed by atoms with van der Waals surface area (Å²) in [4.78, 5) is 12.0. The van der Waals surface area contributed by atoms with Gasteiger partial charge in [0.15, 0.2) is 0 Å². The van der Waals surface area contributed by atoms with Gasteiger partial charge < -0.3 is 20.4 Å². The number of carboxylic acids is 1. The van der Waals surface area contributed by atoms with Crippen molar-refractivity contribution in [3.63, 3.8) is 0 Å². The van der Waals surface area contributed by atoms with Crippen LogP contribution in [0.1, 0.15) is 68.7 Å². The van der Waals surface area contributed by atoms with Gasteiger partial charge in [-0.05, 0) is 48.8 Å². The Labute approximate surface area is 148 Å². The lowest BCUT2D eigenvalue weighted by atomic mass is 9.48. The fourth-order valence-electron chi connectivity index (χ4n) is 5.04. The highest BCUT2D eigenvalue weighted by atomic mass is 16.4. The fraction of sp³-hybridized carbons (Fsp3) is 0.650. The SMILES string of the molecule is CC(CO)c1ccc2c(c1)[C@@H](O)C[C@@H]1[C@]2(C)[C@H](O)CC[C@@]1(C)C(=O)O. The summed E-state index contributed by atoms with van der Waals surface area (Å²) in [5, 5.41) is 40.8. The maximum atomic E-state index is 12.0. The highest BCUT2D eigenvalue weighted by molar-refractivity contribution is 5.75. The Balaban J connectivity index is 2.16. The second-order valence-corrected chi connectivity index (χ2v) is 8.29. The largest absolute Gasteiger partial charge is 0.481 e. The third-order valence-electron chi connectivity index (χ3n) is 6.93. The smallest absolute Gasteiger partial charge is 0.309 e. The molecular weight excluding hydrogens is 320 g/mol. The molecule has 5 nitrogen and oxygen atoms in total. The van der Waals surface area contributed by atoms with Crippen LogP contribution in [0.4, 0.5) is 0 Å². The number of hydrogen-bond acceptors (Lipinski definition) is 4. The summed E-state index contributed by atoms with van der Waals surface area (Å²) in [6.07, 6.45) is -0.244. The van der Waals surface area contributed by atoms with Crippen molar-refractivity contribution in [3.8, 4) is 0 Å². The molecule has 1 aromatic carbocycles. The number of carbonyl (C=O) groups is 1. The summed E-state index contributed by atoms with van der Waals surface area (Å²) in [5.74, 6) is -1.25. The van der Waals surface area contributed by atoms with Gasteiger partial charge in [-0.25, -0.2) is 0 Å². The number of benzene rings is 1. The van der Waals surface area contributed by atoms with Crippen LogP contribution < -0.4 is 0 Å². The normalized spacial score (nSPS) is 38.6. The molecule has 0 aromatic heterocycles.